The summed E-state index contributed by atoms with van der Waals surface area (Å²) in [7, 11) is 1.85. The van der Waals surface area contributed by atoms with Crippen molar-refractivity contribution in [2.75, 3.05) is 13.2 Å². The molecule has 27 heavy (non-hydrogen) atoms. The molecule has 0 unspecified atom stereocenters. The first-order valence-corrected chi connectivity index (χ1v) is 9.12. The highest BCUT2D eigenvalue weighted by molar-refractivity contribution is 6.30. The van der Waals surface area contributed by atoms with Crippen molar-refractivity contribution in [3.05, 3.63) is 52.9 Å². The van der Waals surface area contributed by atoms with Crippen LogP contribution in [0.25, 0.3) is 11.4 Å². The van der Waals surface area contributed by atoms with Crippen LogP contribution in [-0.4, -0.2) is 33.0 Å². The number of halogens is 1. The van der Waals surface area contributed by atoms with Gasteiger partial charge in [0.2, 0.25) is 5.88 Å². The molecule has 2 N–H and O–H groups in total. The maximum atomic E-state index is 6.19. The third-order valence-corrected chi connectivity index (χ3v) is 4.78. The molecule has 1 aromatic carbocycles. The Bertz CT molecular complexity index is 936. The molecule has 0 radical (unpaired) electrons. The molecule has 0 saturated carbocycles. The summed E-state index contributed by atoms with van der Waals surface area (Å²) >= 11 is 6.19. The summed E-state index contributed by atoms with van der Waals surface area (Å²) in [6.45, 7) is 1.86. The van der Waals surface area contributed by atoms with Crippen molar-refractivity contribution in [3.63, 3.8) is 0 Å². The fraction of sp³-hybridized carbons (Fsp3) is 0.316. The Labute approximate surface area is 162 Å². The normalized spacial score (nSPS) is 16.6. The summed E-state index contributed by atoms with van der Waals surface area (Å²) in [6.07, 6.45) is 4.40. The van der Waals surface area contributed by atoms with Crippen LogP contribution in [0.15, 0.2) is 36.7 Å². The molecule has 7 nitrogen and oxygen atoms in total. The van der Waals surface area contributed by atoms with Gasteiger partial charge >= 0.3 is 0 Å². The van der Waals surface area contributed by atoms with E-state index in [0.717, 1.165) is 29.8 Å². The molecule has 1 atom stereocenters. The SMILES string of the molecule is Cn1nc([C@@H]2CCOC2)cc1Oc1cc(Cl)ccc1-c1ncc(CN)cn1. The number of nitrogens with two attached hydrogens (primary N) is 1. The highest BCUT2D eigenvalue weighted by Gasteiger charge is 2.22. The number of nitrogens with zero attached hydrogens (tertiary/aromatic N) is 4. The van der Waals surface area contributed by atoms with Crippen LogP contribution in [0.1, 0.15) is 23.6 Å². The molecule has 0 amide bonds. The van der Waals surface area contributed by atoms with Gasteiger partial charge in [0.15, 0.2) is 5.82 Å². The van der Waals surface area contributed by atoms with Gasteiger partial charge in [-0.2, -0.15) is 5.10 Å². The zero-order valence-corrected chi connectivity index (χ0v) is 15.7. The quantitative estimate of drug-likeness (QED) is 0.725. The van der Waals surface area contributed by atoms with E-state index in [1.165, 1.54) is 0 Å². The van der Waals surface area contributed by atoms with Gasteiger partial charge in [-0.05, 0) is 18.6 Å². The molecule has 0 bridgehead atoms. The number of aryl methyl sites for hydroxylation is 1. The molecule has 1 fully saturated rings. The lowest BCUT2D eigenvalue weighted by Gasteiger charge is -2.11. The smallest absolute Gasteiger partial charge is 0.217 e. The average molecular weight is 386 g/mol. The number of rotatable bonds is 5. The molecule has 0 spiro atoms. The predicted molar refractivity (Wildman–Crippen MR) is 102 cm³/mol. The van der Waals surface area contributed by atoms with E-state index in [0.29, 0.717) is 41.5 Å². The van der Waals surface area contributed by atoms with Crippen LogP contribution >= 0.6 is 11.6 Å². The fourth-order valence-corrected chi connectivity index (χ4v) is 3.17. The van der Waals surface area contributed by atoms with E-state index in [1.54, 1.807) is 29.2 Å². The fourth-order valence-electron chi connectivity index (χ4n) is 3.01. The highest BCUT2D eigenvalue weighted by Crippen LogP contribution is 2.35. The maximum Gasteiger partial charge on any atom is 0.217 e. The average Bonchev–Trinajstić information content (AvgIpc) is 3.33. The van der Waals surface area contributed by atoms with Gasteiger partial charge in [-0.15, -0.1) is 0 Å². The third-order valence-electron chi connectivity index (χ3n) is 4.54. The first-order valence-electron chi connectivity index (χ1n) is 8.74. The van der Waals surface area contributed by atoms with Gasteiger partial charge in [0.25, 0.3) is 0 Å². The Hall–Kier alpha value is -2.48. The molecule has 3 aromatic rings. The van der Waals surface area contributed by atoms with Crippen LogP contribution in [0.4, 0.5) is 0 Å². The van der Waals surface area contributed by atoms with Crippen LogP contribution in [0.3, 0.4) is 0 Å². The van der Waals surface area contributed by atoms with Gasteiger partial charge in [-0.1, -0.05) is 11.6 Å². The lowest BCUT2D eigenvalue weighted by Crippen LogP contribution is -2.01. The predicted octanol–water partition coefficient (Wildman–Crippen LogP) is 3.29. The molecule has 140 valence electrons. The first kappa shape index (κ1) is 17.9. The number of hydrogen-bond donors (Lipinski definition) is 1. The second-order valence-corrected chi connectivity index (χ2v) is 6.89. The second-order valence-electron chi connectivity index (χ2n) is 6.45. The van der Waals surface area contributed by atoms with Crippen molar-refractivity contribution in [3.8, 4) is 23.0 Å². The Morgan fingerprint density at radius 2 is 2.11 bits per heavy atom. The van der Waals surface area contributed by atoms with Crippen LogP contribution in [0.5, 0.6) is 11.6 Å². The largest absolute Gasteiger partial charge is 0.438 e. The van der Waals surface area contributed by atoms with Gasteiger partial charge in [0.05, 0.1) is 17.9 Å². The molecule has 0 aliphatic carbocycles. The third kappa shape index (κ3) is 3.80. The molecule has 1 saturated heterocycles. The van der Waals surface area contributed by atoms with Crippen molar-refractivity contribution in [1.29, 1.82) is 0 Å². The second kappa shape index (κ2) is 7.64. The zero-order chi connectivity index (χ0) is 18.8. The Morgan fingerprint density at radius 1 is 1.30 bits per heavy atom. The van der Waals surface area contributed by atoms with Gasteiger partial charge in [0, 0.05) is 61.2 Å². The van der Waals surface area contributed by atoms with Gasteiger partial charge in [0.1, 0.15) is 5.75 Å². The number of aromatic nitrogens is 4. The summed E-state index contributed by atoms with van der Waals surface area (Å²) in [5.41, 5.74) is 8.20. The zero-order valence-electron chi connectivity index (χ0n) is 14.9. The summed E-state index contributed by atoms with van der Waals surface area (Å²) in [6, 6.07) is 7.33. The molecule has 2 aromatic heterocycles. The Balaban J connectivity index is 1.66. The molecular formula is C19H20ClN5O2. The minimum atomic E-state index is 0.305. The summed E-state index contributed by atoms with van der Waals surface area (Å²) in [5.74, 6) is 2.05. The van der Waals surface area contributed by atoms with E-state index < -0.39 is 0 Å². The number of ether oxygens (including phenoxy) is 2. The minimum absolute atomic E-state index is 0.305. The molecule has 3 heterocycles. The molecule has 8 heteroatoms. The summed E-state index contributed by atoms with van der Waals surface area (Å²) in [4.78, 5) is 8.78. The molecule has 1 aliphatic heterocycles. The van der Waals surface area contributed by atoms with E-state index in [4.69, 9.17) is 26.8 Å². The summed E-state index contributed by atoms with van der Waals surface area (Å²) < 4.78 is 13.3. The van der Waals surface area contributed by atoms with E-state index in [-0.39, 0.29) is 0 Å². The van der Waals surface area contributed by atoms with Crippen LogP contribution in [0.2, 0.25) is 5.02 Å². The van der Waals surface area contributed by atoms with E-state index in [9.17, 15) is 0 Å². The lowest BCUT2D eigenvalue weighted by molar-refractivity contribution is 0.193. The van der Waals surface area contributed by atoms with E-state index in [1.807, 2.05) is 19.2 Å². The first-order chi connectivity index (χ1) is 13.1. The molecule has 4 rings (SSSR count). The van der Waals surface area contributed by atoms with Crippen molar-refractivity contribution < 1.29 is 9.47 Å². The summed E-state index contributed by atoms with van der Waals surface area (Å²) in [5, 5.41) is 5.14. The van der Waals surface area contributed by atoms with Gasteiger partial charge < -0.3 is 15.2 Å². The van der Waals surface area contributed by atoms with Gasteiger partial charge in [-0.25, -0.2) is 14.6 Å². The Morgan fingerprint density at radius 3 is 2.81 bits per heavy atom. The van der Waals surface area contributed by atoms with Crippen LogP contribution in [0, 0.1) is 0 Å². The minimum Gasteiger partial charge on any atom is -0.438 e. The van der Waals surface area contributed by atoms with Crippen molar-refractivity contribution in [2.24, 2.45) is 12.8 Å². The topological polar surface area (TPSA) is 88.1 Å². The maximum absolute atomic E-state index is 6.19. The van der Waals surface area contributed by atoms with Crippen molar-refractivity contribution >= 4 is 11.6 Å². The monoisotopic (exact) mass is 385 g/mol. The lowest BCUT2D eigenvalue weighted by atomic mass is 10.1. The standard InChI is InChI=1S/C19H20ClN5O2/c1-25-18(7-16(24-25)13-4-5-26-11-13)27-17-6-14(20)2-3-15(17)19-22-9-12(8-21)10-23-19/h2-3,6-7,9-10,13H,4-5,8,11,21H2,1H3/t13-/m1/s1. The van der Waals surface area contributed by atoms with E-state index >= 15 is 0 Å². The molecule has 1 aliphatic rings. The highest BCUT2D eigenvalue weighted by atomic mass is 35.5. The van der Waals surface area contributed by atoms with Crippen molar-refractivity contribution in [2.45, 2.75) is 18.9 Å². The molecular weight excluding hydrogens is 366 g/mol. The van der Waals surface area contributed by atoms with Crippen LogP contribution < -0.4 is 10.5 Å². The number of hydrogen-bond acceptors (Lipinski definition) is 6. The number of benzene rings is 1. The van der Waals surface area contributed by atoms with Crippen LogP contribution in [-0.2, 0) is 18.3 Å². The van der Waals surface area contributed by atoms with E-state index in [2.05, 4.69) is 15.1 Å². The Kier molecular flexibility index (Phi) is 5.07. The van der Waals surface area contributed by atoms with Crippen molar-refractivity contribution in [1.82, 2.24) is 19.7 Å². The van der Waals surface area contributed by atoms with Gasteiger partial charge in [-0.3, -0.25) is 0 Å².